The normalized spacial score (nSPS) is 15.0. The Morgan fingerprint density at radius 3 is 2.90 bits per heavy atom. The van der Waals surface area contributed by atoms with Crippen LogP contribution in [-0.2, 0) is 19.5 Å². The molecule has 3 heterocycles. The van der Waals surface area contributed by atoms with Gasteiger partial charge >= 0.3 is 0 Å². The zero-order chi connectivity index (χ0) is 14.1. The van der Waals surface area contributed by atoms with Crippen molar-refractivity contribution < 1.29 is 4.42 Å². The molecule has 0 bridgehead atoms. The second-order valence-corrected chi connectivity index (χ2v) is 6.30. The summed E-state index contributed by atoms with van der Waals surface area (Å²) >= 11 is 1.66. The van der Waals surface area contributed by atoms with Gasteiger partial charge in [0.05, 0.1) is 10.6 Å². The Kier molecular flexibility index (Phi) is 3.33. The predicted octanol–water partition coefficient (Wildman–Crippen LogP) is 3.96. The standard InChI is InChI=1S/C17H16N2OS/c1-2-5-14-10-19(8-7-13(14)4-1)11-15-12-20-17(18-15)16-6-3-9-21-16/h1-6,9,12H,7-8,10-11H2. The molecule has 0 unspecified atom stereocenters. The third-order valence-corrected chi connectivity index (χ3v) is 4.74. The highest BCUT2D eigenvalue weighted by atomic mass is 32.1. The van der Waals surface area contributed by atoms with Crippen molar-refractivity contribution in [1.29, 1.82) is 0 Å². The molecule has 3 nitrogen and oxygen atoms in total. The van der Waals surface area contributed by atoms with E-state index >= 15 is 0 Å². The van der Waals surface area contributed by atoms with E-state index in [2.05, 4.69) is 34.1 Å². The largest absolute Gasteiger partial charge is 0.444 e. The first-order valence-corrected chi connectivity index (χ1v) is 8.04. The molecular weight excluding hydrogens is 280 g/mol. The van der Waals surface area contributed by atoms with Gasteiger partial charge in [-0.3, -0.25) is 4.90 Å². The second kappa shape index (κ2) is 5.47. The van der Waals surface area contributed by atoms with Crippen molar-refractivity contribution in [1.82, 2.24) is 9.88 Å². The van der Waals surface area contributed by atoms with Gasteiger partial charge in [0.2, 0.25) is 5.89 Å². The van der Waals surface area contributed by atoms with E-state index in [1.165, 1.54) is 11.1 Å². The van der Waals surface area contributed by atoms with Gasteiger partial charge in [-0.15, -0.1) is 11.3 Å². The third-order valence-electron chi connectivity index (χ3n) is 3.88. The van der Waals surface area contributed by atoms with Crippen LogP contribution in [0.1, 0.15) is 16.8 Å². The van der Waals surface area contributed by atoms with Crippen molar-refractivity contribution in [3.63, 3.8) is 0 Å². The van der Waals surface area contributed by atoms with Crippen LogP contribution in [0.25, 0.3) is 10.8 Å². The summed E-state index contributed by atoms with van der Waals surface area (Å²) in [5.41, 5.74) is 3.93. The van der Waals surface area contributed by atoms with Gasteiger partial charge in [-0.05, 0) is 29.0 Å². The first kappa shape index (κ1) is 12.8. The summed E-state index contributed by atoms with van der Waals surface area (Å²) < 4.78 is 5.59. The summed E-state index contributed by atoms with van der Waals surface area (Å²) in [6, 6.07) is 12.8. The Bertz CT molecular complexity index is 733. The molecule has 1 aromatic carbocycles. The molecule has 0 atom stereocenters. The fraction of sp³-hybridized carbons (Fsp3) is 0.235. The van der Waals surface area contributed by atoms with Crippen molar-refractivity contribution in [3.05, 3.63) is 64.9 Å². The van der Waals surface area contributed by atoms with Gasteiger partial charge in [0, 0.05) is 19.6 Å². The van der Waals surface area contributed by atoms with Gasteiger partial charge < -0.3 is 4.42 Å². The summed E-state index contributed by atoms with van der Waals surface area (Å²) in [7, 11) is 0. The number of fused-ring (bicyclic) bond motifs is 1. The Morgan fingerprint density at radius 2 is 2.05 bits per heavy atom. The molecule has 4 heteroatoms. The van der Waals surface area contributed by atoms with Gasteiger partial charge in [0.15, 0.2) is 0 Å². The average molecular weight is 296 g/mol. The van der Waals surface area contributed by atoms with Crippen molar-refractivity contribution in [2.75, 3.05) is 6.54 Å². The molecule has 0 amide bonds. The van der Waals surface area contributed by atoms with Crippen LogP contribution < -0.4 is 0 Å². The highest BCUT2D eigenvalue weighted by molar-refractivity contribution is 7.13. The van der Waals surface area contributed by atoms with Crippen LogP contribution in [-0.4, -0.2) is 16.4 Å². The van der Waals surface area contributed by atoms with Crippen molar-refractivity contribution in [2.24, 2.45) is 0 Å². The molecule has 2 aromatic heterocycles. The summed E-state index contributed by atoms with van der Waals surface area (Å²) in [6.07, 6.45) is 2.90. The van der Waals surface area contributed by atoms with E-state index < -0.39 is 0 Å². The number of nitrogens with zero attached hydrogens (tertiary/aromatic N) is 2. The number of thiophene rings is 1. The molecule has 0 N–H and O–H groups in total. The Labute approximate surface area is 127 Å². The molecule has 4 rings (SSSR count). The van der Waals surface area contributed by atoms with Gasteiger partial charge in [-0.25, -0.2) is 4.98 Å². The Hall–Kier alpha value is -1.91. The molecule has 0 radical (unpaired) electrons. The molecule has 0 aliphatic carbocycles. The van der Waals surface area contributed by atoms with E-state index in [-0.39, 0.29) is 0 Å². The van der Waals surface area contributed by atoms with Crippen molar-refractivity contribution in [3.8, 4) is 10.8 Å². The minimum Gasteiger partial charge on any atom is -0.444 e. The lowest BCUT2D eigenvalue weighted by Gasteiger charge is -2.27. The Morgan fingerprint density at radius 1 is 1.14 bits per heavy atom. The number of hydrogen-bond acceptors (Lipinski definition) is 4. The monoisotopic (exact) mass is 296 g/mol. The molecule has 106 valence electrons. The molecule has 1 aliphatic rings. The van der Waals surface area contributed by atoms with E-state index in [4.69, 9.17) is 4.42 Å². The van der Waals surface area contributed by atoms with Crippen molar-refractivity contribution in [2.45, 2.75) is 19.5 Å². The van der Waals surface area contributed by atoms with Crippen LogP contribution in [0.3, 0.4) is 0 Å². The molecule has 0 saturated heterocycles. The first-order valence-electron chi connectivity index (χ1n) is 7.16. The zero-order valence-corrected chi connectivity index (χ0v) is 12.5. The molecule has 0 saturated carbocycles. The molecule has 3 aromatic rings. The first-order chi connectivity index (χ1) is 10.4. The smallest absolute Gasteiger partial charge is 0.236 e. The van der Waals surface area contributed by atoms with E-state index in [1.54, 1.807) is 17.6 Å². The lowest BCUT2D eigenvalue weighted by molar-refractivity contribution is 0.242. The number of benzene rings is 1. The maximum atomic E-state index is 5.59. The molecule has 0 spiro atoms. The summed E-state index contributed by atoms with van der Waals surface area (Å²) in [6.45, 7) is 2.93. The number of hydrogen-bond donors (Lipinski definition) is 0. The maximum absolute atomic E-state index is 5.59. The average Bonchev–Trinajstić information content (AvgIpc) is 3.18. The van der Waals surface area contributed by atoms with E-state index in [1.807, 2.05) is 17.5 Å². The summed E-state index contributed by atoms with van der Waals surface area (Å²) in [4.78, 5) is 8.12. The quantitative estimate of drug-likeness (QED) is 0.732. The van der Waals surface area contributed by atoms with Crippen LogP contribution in [0.5, 0.6) is 0 Å². The lowest BCUT2D eigenvalue weighted by atomic mass is 10.00. The van der Waals surface area contributed by atoms with Crippen LogP contribution in [0.2, 0.25) is 0 Å². The third kappa shape index (κ3) is 2.64. The highest BCUT2D eigenvalue weighted by Crippen LogP contribution is 2.25. The SMILES string of the molecule is c1csc(-c2nc(CN3CCc4ccccc4C3)co2)c1. The fourth-order valence-electron chi connectivity index (χ4n) is 2.81. The van der Waals surface area contributed by atoms with Gasteiger partial charge in [-0.1, -0.05) is 30.3 Å². The number of aromatic nitrogens is 1. The van der Waals surface area contributed by atoms with E-state index in [0.717, 1.165) is 42.5 Å². The summed E-state index contributed by atoms with van der Waals surface area (Å²) in [5.74, 6) is 0.734. The minimum atomic E-state index is 0.734. The van der Waals surface area contributed by atoms with Crippen molar-refractivity contribution >= 4 is 11.3 Å². The zero-order valence-electron chi connectivity index (χ0n) is 11.7. The Balaban J connectivity index is 1.48. The van der Waals surface area contributed by atoms with Gasteiger partial charge in [0.1, 0.15) is 6.26 Å². The molecule has 1 aliphatic heterocycles. The van der Waals surface area contributed by atoms with Crippen LogP contribution in [0.4, 0.5) is 0 Å². The van der Waals surface area contributed by atoms with Gasteiger partial charge in [-0.2, -0.15) is 0 Å². The highest BCUT2D eigenvalue weighted by Gasteiger charge is 2.17. The van der Waals surface area contributed by atoms with Crippen LogP contribution in [0, 0.1) is 0 Å². The van der Waals surface area contributed by atoms with E-state index in [9.17, 15) is 0 Å². The summed E-state index contributed by atoms with van der Waals surface area (Å²) in [5, 5.41) is 2.04. The second-order valence-electron chi connectivity index (χ2n) is 5.35. The molecule has 0 fully saturated rings. The molecule has 21 heavy (non-hydrogen) atoms. The fourth-order valence-corrected chi connectivity index (χ4v) is 3.47. The maximum Gasteiger partial charge on any atom is 0.236 e. The van der Waals surface area contributed by atoms with Gasteiger partial charge in [0.25, 0.3) is 0 Å². The number of oxazole rings is 1. The lowest BCUT2D eigenvalue weighted by Crippen LogP contribution is -2.30. The van der Waals surface area contributed by atoms with Crippen LogP contribution >= 0.6 is 11.3 Å². The van der Waals surface area contributed by atoms with Crippen LogP contribution in [0.15, 0.2) is 52.5 Å². The topological polar surface area (TPSA) is 29.3 Å². The predicted molar refractivity (Wildman–Crippen MR) is 84.1 cm³/mol. The van der Waals surface area contributed by atoms with E-state index in [0.29, 0.717) is 0 Å². The number of rotatable bonds is 3. The molecular formula is C17H16N2OS. The minimum absolute atomic E-state index is 0.734.